The lowest BCUT2D eigenvalue weighted by atomic mass is 10.2. The average molecular weight is 388 g/mol. The molecule has 5 heteroatoms. The number of rotatable bonds is 3. The maximum atomic E-state index is 5.29. The van der Waals surface area contributed by atoms with Crippen molar-refractivity contribution in [3.63, 3.8) is 0 Å². The number of hydrogen-bond acceptors (Lipinski definition) is 2. The lowest BCUT2D eigenvalue weighted by Gasteiger charge is -2.09. The maximum Gasteiger partial charge on any atom is 0.144 e. The van der Waals surface area contributed by atoms with Gasteiger partial charge in [0, 0.05) is 15.7 Å². The van der Waals surface area contributed by atoms with E-state index in [-0.39, 0.29) is 0 Å². The Morgan fingerprint density at radius 1 is 1.28 bits per heavy atom. The molecule has 0 aliphatic carbocycles. The van der Waals surface area contributed by atoms with Crippen molar-refractivity contribution >= 4 is 44.1 Å². The van der Waals surface area contributed by atoms with Crippen LogP contribution in [0.2, 0.25) is 0 Å². The van der Waals surface area contributed by atoms with Gasteiger partial charge in [0.15, 0.2) is 0 Å². The highest BCUT2D eigenvalue weighted by Gasteiger charge is 2.09. The molecule has 2 nitrogen and oxygen atoms in total. The van der Waals surface area contributed by atoms with E-state index in [1.54, 1.807) is 0 Å². The van der Waals surface area contributed by atoms with Crippen LogP contribution in [0.25, 0.3) is 11.4 Å². The van der Waals surface area contributed by atoms with E-state index in [1.807, 2.05) is 24.3 Å². The van der Waals surface area contributed by atoms with E-state index < -0.39 is 0 Å². The molecule has 1 aromatic heterocycles. The number of aromatic nitrogens is 2. The summed E-state index contributed by atoms with van der Waals surface area (Å²) < 4.78 is 2.51. The van der Waals surface area contributed by atoms with Crippen LogP contribution in [-0.2, 0) is 6.42 Å². The third-order valence-corrected chi connectivity index (χ3v) is 4.67. The summed E-state index contributed by atoms with van der Waals surface area (Å²) in [5.74, 6) is 0.805. The SMILES string of the molecule is CCCc1[nH]c(-c2ccccc2Br)nc(=S)c1Br. The number of nitrogens with one attached hydrogen (secondary N) is 1. The molecule has 0 saturated carbocycles. The molecule has 0 aliphatic heterocycles. The summed E-state index contributed by atoms with van der Waals surface area (Å²) in [6.45, 7) is 2.14. The van der Waals surface area contributed by atoms with E-state index in [0.717, 1.165) is 38.9 Å². The number of benzene rings is 1. The molecule has 1 N–H and O–H groups in total. The maximum absolute atomic E-state index is 5.29. The van der Waals surface area contributed by atoms with Gasteiger partial charge in [0.2, 0.25) is 0 Å². The summed E-state index contributed by atoms with van der Waals surface area (Å²) in [5.41, 5.74) is 2.12. The van der Waals surface area contributed by atoms with Gasteiger partial charge < -0.3 is 4.98 Å². The Bertz CT molecular complexity index is 623. The van der Waals surface area contributed by atoms with Crippen LogP contribution in [0.4, 0.5) is 0 Å². The molecule has 2 aromatic rings. The molecule has 0 atom stereocenters. The highest BCUT2D eigenvalue weighted by atomic mass is 79.9. The van der Waals surface area contributed by atoms with Gasteiger partial charge in [0.05, 0.1) is 4.47 Å². The van der Waals surface area contributed by atoms with Crippen molar-refractivity contribution in [1.29, 1.82) is 0 Å². The van der Waals surface area contributed by atoms with E-state index in [9.17, 15) is 0 Å². The zero-order valence-electron chi connectivity index (χ0n) is 9.84. The zero-order valence-corrected chi connectivity index (χ0v) is 13.8. The number of H-pyrrole nitrogens is 1. The number of hydrogen-bond donors (Lipinski definition) is 1. The fourth-order valence-electron chi connectivity index (χ4n) is 1.71. The largest absolute Gasteiger partial charge is 0.342 e. The second-order valence-electron chi connectivity index (χ2n) is 3.91. The predicted molar refractivity (Wildman–Crippen MR) is 84.3 cm³/mol. The van der Waals surface area contributed by atoms with E-state index >= 15 is 0 Å². The Balaban J connectivity index is 2.59. The first kappa shape index (κ1) is 13.9. The van der Waals surface area contributed by atoms with Gasteiger partial charge in [-0.3, -0.25) is 0 Å². The highest BCUT2D eigenvalue weighted by molar-refractivity contribution is 9.11. The standard InChI is InChI=1S/C13H12Br2N2S/c1-2-5-10-11(15)13(18)17-12(16-10)8-6-3-4-7-9(8)14/h3-4,6-7H,2,5H2,1H3,(H,16,17,18). The highest BCUT2D eigenvalue weighted by Crippen LogP contribution is 2.27. The molecule has 94 valence electrons. The molecule has 0 saturated heterocycles. The second-order valence-corrected chi connectivity index (χ2v) is 5.95. The van der Waals surface area contributed by atoms with Crippen molar-refractivity contribution in [3.05, 3.63) is 43.5 Å². The first-order chi connectivity index (χ1) is 8.63. The third-order valence-electron chi connectivity index (χ3n) is 2.56. The van der Waals surface area contributed by atoms with Crippen LogP contribution in [0.15, 0.2) is 33.2 Å². The lowest BCUT2D eigenvalue weighted by Crippen LogP contribution is -1.98. The zero-order chi connectivity index (χ0) is 13.1. The van der Waals surface area contributed by atoms with Crippen molar-refractivity contribution in [2.45, 2.75) is 19.8 Å². The van der Waals surface area contributed by atoms with Gasteiger partial charge >= 0.3 is 0 Å². The van der Waals surface area contributed by atoms with Crippen molar-refractivity contribution in [3.8, 4) is 11.4 Å². The molecule has 2 rings (SSSR count). The topological polar surface area (TPSA) is 28.7 Å². The fraction of sp³-hybridized carbons (Fsp3) is 0.231. The summed E-state index contributed by atoms with van der Waals surface area (Å²) in [6.07, 6.45) is 2.01. The molecule has 0 amide bonds. The summed E-state index contributed by atoms with van der Waals surface area (Å²) in [7, 11) is 0. The van der Waals surface area contributed by atoms with Gasteiger partial charge in [-0.15, -0.1) is 0 Å². The quantitative estimate of drug-likeness (QED) is 0.725. The van der Waals surface area contributed by atoms with Crippen molar-refractivity contribution < 1.29 is 0 Å². The van der Waals surface area contributed by atoms with Crippen LogP contribution in [0.3, 0.4) is 0 Å². The molecule has 18 heavy (non-hydrogen) atoms. The first-order valence-corrected chi connectivity index (χ1v) is 7.66. The summed E-state index contributed by atoms with van der Waals surface area (Å²) >= 11 is 12.3. The van der Waals surface area contributed by atoms with E-state index in [0.29, 0.717) is 4.64 Å². The summed E-state index contributed by atoms with van der Waals surface area (Å²) in [6, 6.07) is 7.98. The number of aryl methyl sites for hydroxylation is 1. The van der Waals surface area contributed by atoms with Gasteiger partial charge in [-0.1, -0.05) is 59.7 Å². The van der Waals surface area contributed by atoms with Crippen LogP contribution in [0, 0.1) is 4.64 Å². The number of nitrogens with zero attached hydrogens (tertiary/aromatic N) is 1. The van der Waals surface area contributed by atoms with Gasteiger partial charge in [-0.05, 0) is 28.4 Å². The Labute approximate surface area is 128 Å². The van der Waals surface area contributed by atoms with Crippen LogP contribution in [-0.4, -0.2) is 9.97 Å². The normalized spacial score (nSPS) is 10.6. The molecular weight excluding hydrogens is 376 g/mol. The van der Waals surface area contributed by atoms with Crippen LogP contribution < -0.4 is 0 Å². The van der Waals surface area contributed by atoms with Gasteiger partial charge in [-0.25, -0.2) is 4.98 Å². The summed E-state index contributed by atoms with van der Waals surface area (Å²) in [4.78, 5) is 7.79. The fourth-order valence-corrected chi connectivity index (χ4v) is 2.78. The van der Waals surface area contributed by atoms with Gasteiger partial charge in [0.25, 0.3) is 0 Å². The molecular formula is C13H12Br2N2S. The summed E-state index contributed by atoms with van der Waals surface area (Å²) in [5, 5.41) is 0. The number of aromatic amines is 1. The molecule has 1 aromatic carbocycles. The smallest absolute Gasteiger partial charge is 0.144 e. The Hall–Kier alpha value is -0.520. The van der Waals surface area contributed by atoms with Crippen molar-refractivity contribution in [2.75, 3.05) is 0 Å². The van der Waals surface area contributed by atoms with E-state index in [4.69, 9.17) is 12.2 Å². The second kappa shape index (κ2) is 6.08. The molecule has 0 aliphatic rings. The Morgan fingerprint density at radius 3 is 2.67 bits per heavy atom. The molecule has 0 fully saturated rings. The van der Waals surface area contributed by atoms with Crippen molar-refractivity contribution in [1.82, 2.24) is 9.97 Å². The monoisotopic (exact) mass is 386 g/mol. The van der Waals surface area contributed by atoms with Gasteiger partial charge in [-0.2, -0.15) is 0 Å². The molecule has 0 bridgehead atoms. The van der Waals surface area contributed by atoms with Gasteiger partial charge in [0.1, 0.15) is 10.5 Å². The Morgan fingerprint density at radius 2 is 2.00 bits per heavy atom. The third kappa shape index (κ3) is 2.90. The lowest BCUT2D eigenvalue weighted by molar-refractivity contribution is 0.865. The Kier molecular flexibility index (Phi) is 4.70. The van der Waals surface area contributed by atoms with Crippen LogP contribution >= 0.6 is 44.1 Å². The predicted octanol–water partition coefficient (Wildman–Crippen LogP) is 5.28. The van der Waals surface area contributed by atoms with E-state index in [1.165, 1.54) is 0 Å². The molecule has 0 unspecified atom stereocenters. The molecule has 0 spiro atoms. The molecule has 1 heterocycles. The van der Waals surface area contributed by atoms with Crippen LogP contribution in [0.5, 0.6) is 0 Å². The minimum Gasteiger partial charge on any atom is -0.342 e. The van der Waals surface area contributed by atoms with E-state index in [2.05, 4.69) is 48.8 Å². The minimum atomic E-state index is 0.600. The van der Waals surface area contributed by atoms with Crippen LogP contribution in [0.1, 0.15) is 19.0 Å². The van der Waals surface area contributed by atoms with Crippen molar-refractivity contribution in [2.24, 2.45) is 0 Å². The minimum absolute atomic E-state index is 0.600. The average Bonchev–Trinajstić information content (AvgIpc) is 2.35. The molecule has 0 radical (unpaired) electrons. The first-order valence-electron chi connectivity index (χ1n) is 5.67. The number of halogens is 2.